The fraction of sp³-hybridized carbons (Fsp3) is 0.667. The van der Waals surface area contributed by atoms with Gasteiger partial charge >= 0.3 is 0 Å². The first-order valence-electron chi connectivity index (χ1n) is 6.89. The van der Waals surface area contributed by atoms with Gasteiger partial charge in [0.25, 0.3) is 0 Å². The molecular weight excluding hydrogens is 240 g/mol. The Balaban J connectivity index is 1.97. The van der Waals surface area contributed by atoms with Crippen LogP contribution in [0.3, 0.4) is 0 Å². The second-order valence-electron chi connectivity index (χ2n) is 6.37. The molecule has 1 heterocycles. The minimum atomic E-state index is -0.519. The molecule has 1 aromatic heterocycles. The summed E-state index contributed by atoms with van der Waals surface area (Å²) in [7, 11) is 1.79. The maximum Gasteiger partial charge on any atom is 0.229 e. The number of hydrogen-bond acceptors (Lipinski definition) is 3. The summed E-state index contributed by atoms with van der Waals surface area (Å²) >= 11 is 0. The van der Waals surface area contributed by atoms with Crippen molar-refractivity contribution in [1.29, 1.82) is 0 Å². The number of carbonyl (C=O) groups is 1. The Morgan fingerprint density at radius 3 is 2.68 bits per heavy atom. The van der Waals surface area contributed by atoms with Crippen LogP contribution in [0.2, 0.25) is 0 Å². The second kappa shape index (κ2) is 5.00. The lowest BCUT2D eigenvalue weighted by Crippen LogP contribution is -2.42. The number of nitrogens with zero attached hydrogens (tertiary/aromatic N) is 1. The largest absolute Gasteiger partial charge is 0.464 e. The predicted molar refractivity (Wildman–Crippen MR) is 74.5 cm³/mol. The van der Waals surface area contributed by atoms with Gasteiger partial charge in [-0.05, 0) is 38.3 Å². The molecule has 0 spiro atoms. The van der Waals surface area contributed by atoms with E-state index in [9.17, 15) is 4.79 Å². The van der Waals surface area contributed by atoms with Gasteiger partial charge in [0.2, 0.25) is 5.91 Å². The van der Waals surface area contributed by atoms with E-state index in [1.807, 2.05) is 26.0 Å². The van der Waals surface area contributed by atoms with E-state index in [1.54, 1.807) is 11.9 Å². The summed E-state index contributed by atoms with van der Waals surface area (Å²) in [5.74, 6) is 3.26. The standard InChI is InChI=1S/C15H24N2O2/c1-10-7-12(10)13-6-5-11(19-13)8-17(4)14(18)15(2,3)9-16/h5-6,10,12H,7-9,16H2,1-4H3. The van der Waals surface area contributed by atoms with E-state index in [-0.39, 0.29) is 5.91 Å². The van der Waals surface area contributed by atoms with Gasteiger partial charge in [0.1, 0.15) is 11.5 Å². The highest BCUT2D eigenvalue weighted by atomic mass is 16.3. The van der Waals surface area contributed by atoms with Crippen LogP contribution < -0.4 is 5.73 Å². The Kier molecular flexibility index (Phi) is 3.72. The number of amides is 1. The van der Waals surface area contributed by atoms with Gasteiger partial charge in [0.15, 0.2) is 0 Å². The maximum atomic E-state index is 12.2. The molecular formula is C15H24N2O2. The molecule has 1 aromatic rings. The van der Waals surface area contributed by atoms with Gasteiger partial charge in [-0.15, -0.1) is 0 Å². The Bertz CT molecular complexity index is 464. The topological polar surface area (TPSA) is 59.5 Å². The molecule has 2 rings (SSSR count). The lowest BCUT2D eigenvalue weighted by molar-refractivity contribution is -0.139. The summed E-state index contributed by atoms with van der Waals surface area (Å²) < 4.78 is 5.82. The zero-order valence-electron chi connectivity index (χ0n) is 12.3. The highest BCUT2D eigenvalue weighted by Crippen LogP contribution is 2.47. The number of nitrogens with two attached hydrogens (primary N) is 1. The van der Waals surface area contributed by atoms with Crippen LogP contribution >= 0.6 is 0 Å². The van der Waals surface area contributed by atoms with E-state index in [1.165, 1.54) is 6.42 Å². The molecule has 106 valence electrons. The molecule has 0 bridgehead atoms. The molecule has 4 nitrogen and oxygen atoms in total. The number of rotatable bonds is 5. The summed E-state index contributed by atoms with van der Waals surface area (Å²) in [4.78, 5) is 13.9. The van der Waals surface area contributed by atoms with Crippen LogP contribution in [-0.4, -0.2) is 24.4 Å². The molecule has 2 atom stereocenters. The molecule has 0 aliphatic heterocycles. The van der Waals surface area contributed by atoms with Crippen molar-refractivity contribution < 1.29 is 9.21 Å². The molecule has 0 aromatic carbocycles. The van der Waals surface area contributed by atoms with Gasteiger partial charge in [-0.1, -0.05) is 6.92 Å². The van der Waals surface area contributed by atoms with E-state index in [0.29, 0.717) is 19.0 Å². The van der Waals surface area contributed by atoms with Crippen molar-refractivity contribution in [3.05, 3.63) is 23.7 Å². The van der Waals surface area contributed by atoms with Crippen molar-refractivity contribution in [1.82, 2.24) is 4.90 Å². The van der Waals surface area contributed by atoms with Crippen molar-refractivity contribution in [2.75, 3.05) is 13.6 Å². The number of hydrogen-bond donors (Lipinski definition) is 1. The van der Waals surface area contributed by atoms with Crippen molar-refractivity contribution in [3.63, 3.8) is 0 Å². The Labute approximate surface area is 114 Å². The fourth-order valence-corrected chi connectivity index (χ4v) is 2.31. The third kappa shape index (κ3) is 3.00. The van der Waals surface area contributed by atoms with Crippen LogP contribution in [0.5, 0.6) is 0 Å². The lowest BCUT2D eigenvalue weighted by Gasteiger charge is -2.27. The van der Waals surface area contributed by atoms with Crippen LogP contribution in [0.4, 0.5) is 0 Å². The van der Waals surface area contributed by atoms with E-state index in [0.717, 1.165) is 17.4 Å². The summed E-state index contributed by atoms with van der Waals surface area (Å²) in [6, 6.07) is 4.01. The lowest BCUT2D eigenvalue weighted by atomic mass is 9.92. The summed E-state index contributed by atoms with van der Waals surface area (Å²) in [5.41, 5.74) is 5.12. The fourth-order valence-electron chi connectivity index (χ4n) is 2.31. The molecule has 2 N–H and O–H groups in total. The third-order valence-electron chi connectivity index (χ3n) is 3.99. The second-order valence-corrected chi connectivity index (χ2v) is 6.37. The van der Waals surface area contributed by atoms with Crippen LogP contribution in [0.25, 0.3) is 0 Å². The van der Waals surface area contributed by atoms with Gasteiger partial charge in [-0.3, -0.25) is 4.79 Å². The van der Waals surface area contributed by atoms with Crippen molar-refractivity contribution in [2.45, 2.75) is 39.7 Å². The first-order valence-corrected chi connectivity index (χ1v) is 6.89. The predicted octanol–water partition coefficient (Wildman–Crippen LogP) is 2.35. The highest BCUT2D eigenvalue weighted by Gasteiger charge is 2.36. The minimum Gasteiger partial charge on any atom is -0.464 e. The van der Waals surface area contributed by atoms with E-state index in [2.05, 4.69) is 6.92 Å². The average molecular weight is 264 g/mol. The zero-order valence-corrected chi connectivity index (χ0v) is 12.3. The number of carbonyl (C=O) groups excluding carboxylic acids is 1. The SMILES string of the molecule is CC1CC1c1ccc(CN(C)C(=O)C(C)(C)CN)o1. The Hall–Kier alpha value is -1.29. The summed E-state index contributed by atoms with van der Waals surface area (Å²) in [6.45, 7) is 6.81. The first-order chi connectivity index (χ1) is 8.85. The molecule has 0 saturated heterocycles. The van der Waals surface area contributed by atoms with E-state index in [4.69, 9.17) is 10.2 Å². The number of furan rings is 1. The summed E-state index contributed by atoms with van der Waals surface area (Å²) in [5, 5.41) is 0. The van der Waals surface area contributed by atoms with Crippen LogP contribution in [0.15, 0.2) is 16.5 Å². The van der Waals surface area contributed by atoms with Crippen molar-refractivity contribution >= 4 is 5.91 Å². The highest BCUT2D eigenvalue weighted by molar-refractivity contribution is 5.81. The molecule has 1 aliphatic rings. The van der Waals surface area contributed by atoms with Crippen LogP contribution in [0, 0.1) is 11.3 Å². The average Bonchev–Trinajstić information content (AvgIpc) is 2.91. The smallest absolute Gasteiger partial charge is 0.229 e. The van der Waals surface area contributed by atoms with E-state index < -0.39 is 5.41 Å². The van der Waals surface area contributed by atoms with Crippen molar-refractivity contribution in [3.8, 4) is 0 Å². The quantitative estimate of drug-likeness (QED) is 0.888. The Morgan fingerprint density at radius 1 is 1.53 bits per heavy atom. The maximum absolute atomic E-state index is 12.2. The molecule has 1 saturated carbocycles. The minimum absolute atomic E-state index is 0.0488. The molecule has 1 fully saturated rings. The molecule has 4 heteroatoms. The van der Waals surface area contributed by atoms with Crippen molar-refractivity contribution in [2.24, 2.45) is 17.1 Å². The van der Waals surface area contributed by atoms with Gasteiger partial charge < -0.3 is 15.1 Å². The Morgan fingerprint density at radius 2 is 2.16 bits per heavy atom. The van der Waals surface area contributed by atoms with Gasteiger partial charge in [0, 0.05) is 19.5 Å². The normalized spacial score (nSPS) is 22.4. The molecule has 1 amide bonds. The summed E-state index contributed by atoms with van der Waals surface area (Å²) in [6.07, 6.45) is 1.21. The van der Waals surface area contributed by atoms with Crippen LogP contribution in [-0.2, 0) is 11.3 Å². The van der Waals surface area contributed by atoms with Gasteiger partial charge in [-0.25, -0.2) is 0 Å². The molecule has 1 aliphatic carbocycles. The molecule has 2 unspecified atom stereocenters. The third-order valence-corrected chi connectivity index (χ3v) is 3.99. The molecule has 19 heavy (non-hydrogen) atoms. The van der Waals surface area contributed by atoms with E-state index >= 15 is 0 Å². The van der Waals surface area contributed by atoms with Crippen LogP contribution in [0.1, 0.15) is 44.6 Å². The monoisotopic (exact) mass is 264 g/mol. The zero-order chi connectivity index (χ0) is 14.2. The first kappa shape index (κ1) is 14.1. The van der Waals surface area contributed by atoms with Gasteiger partial charge in [-0.2, -0.15) is 0 Å². The van der Waals surface area contributed by atoms with Gasteiger partial charge in [0.05, 0.1) is 12.0 Å². The molecule has 0 radical (unpaired) electrons.